The van der Waals surface area contributed by atoms with Crippen molar-refractivity contribution >= 4 is 21.4 Å². The van der Waals surface area contributed by atoms with E-state index in [0.717, 1.165) is 38.0 Å². The minimum Gasteiger partial charge on any atom is -0.399 e. The molecule has 5 nitrogen and oxygen atoms in total. The fourth-order valence-corrected chi connectivity index (χ4v) is 3.76. The normalized spacial score (nSPS) is 19.3. The minimum atomic E-state index is -3.51. The quantitative estimate of drug-likeness (QED) is 0.839. The molecule has 0 aromatic heterocycles. The van der Waals surface area contributed by atoms with E-state index in [4.69, 9.17) is 5.73 Å². The zero-order valence-electron chi connectivity index (χ0n) is 13.0. The molecular formula is C15H25N3O2S. The Bertz CT molecular complexity index is 611. The number of rotatable bonds is 3. The third-order valence-electron chi connectivity index (χ3n) is 4.22. The molecule has 1 fully saturated rings. The number of benzene rings is 1. The maximum absolute atomic E-state index is 12.2. The molecule has 1 aliphatic heterocycles. The molecule has 0 amide bonds. The monoisotopic (exact) mass is 311 g/mol. The first-order valence-corrected chi connectivity index (χ1v) is 8.81. The van der Waals surface area contributed by atoms with Crippen LogP contribution in [0, 0.1) is 5.41 Å². The van der Waals surface area contributed by atoms with E-state index in [9.17, 15) is 8.42 Å². The summed E-state index contributed by atoms with van der Waals surface area (Å²) in [5.41, 5.74) is 7.29. The van der Waals surface area contributed by atoms with Gasteiger partial charge in [-0.25, -0.2) is 13.1 Å². The van der Waals surface area contributed by atoms with Gasteiger partial charge in [0.2, 0.25) is 10.0 Å². The van der Waals surface area contributed by atoms with Gasteiger partial charge in [0.25, 0.3) is 0 Å². The van der Waals surface area contributed by atoms with Gasteiger partial charge in [-0.15, -0.1) is 0 Å². The van der Waals surface area contributed by atoms with E-state index in [2.05, 4.69) is 23.5 Å². The molecule has 21 heavy (non-hydrogen) atoms. The first kappa shape index (κ1) is 16.1. The van der Waals surface area contributed by atoms with Crippen molar-refractivity contribution in [2.24, 2.45) is 5.41 Å². The molecular weight excluding hydrogens is 286 g/mol. The Kier molecular flexibility index (Phi) is 4.49. The number of hydrogen-bond acceptors (Lipinski definition) is 4. The van der Waals surface area contributed by atoms with E-state index in [0.29, 0.717) is 11.1 Å². The molecule has 0 atom stereocenters. The van der Waals surface area contributed by atoms with E-state index >= 15 is 0 Å². The molecule has 1 aliphatic rings. The average Bonchev–Trinajstić information content (AvgIpc) is 2.60. The van der Waals surface area contributed by atoms with Crippen LogP contribution in [0.1, 0.15) is 33.1 Å². The van der Waals surface area contributed by atoms with Crippen LogP contribution in [0.3, 0.4) is 0 Å². The van der Waals surface area contributed by atoms with Crippen LogP contribution < -0.4 is 15.4 Å². The SMILES string of the molecule is CNS(=O)(=O)c1cc(N)ccc1N1CCCC(C)(C)CC1. The smallest absolute Gasteiger partial charge is 0.242 e. The van der Waals surface area contributed by atoms with E-state index in [1.165, 1.54) is 13.1 Å². The van der Waals surface area contributed by atoms with Gasteiger partial charge >= 0.3 is 0 Å². The lowest BCUT2D eigenvalue weighted by molar-refractivity contribution is 0.325. The molecule has 0 saturated carbocycles. The summed E-state index contributed by atoms with van der Waals surface area (Å²) in [7, 11) is -2.09. The molecule has 1 aromatic carbocycles. The van der Waals surface area contributed by atoms with E-state index in [-0.39, 0.29) is 4.90 Å². The maximum Gasteiger partial charge on any atom is 0.242 e. The predicted octanol–water partition coefficient (Wildman–Crippen LogP) is 2.19. The summed E-state index contributed by atoms with van der Waals surface area (Å²) in [6.45, 7) is 6.28. The standard InChI is InChI=1S/C15H25N3O2S/c1-15(2)7-4-9-18(10-8-15)13-6-5-12(16)11-14(13)21(19,20)17-3/h5-6,11,17H,4,7-10,16H2,1-3H3. The van der Waals surface area contributed by atoms with Crippen molar-refractivity contribution in [2.75, 3.05) is 30.8 Å². The van der Waals surface area contributed by atoms with Crippen LogP contribution in [0.2, 0.25) is 0 Å². The molecule has 0 aliphatic carbocycles. The Hall–Kier alpha value is -1.27. The van der Waals surface area contributed by atoms with Gasteiger partial charge in [-0.1, -0.05) is 13.8 Å². The molecule has 1 saturated heterocycles. The van der Waals surface area contributed by atoms with Crippen LogP contribution in [0.25, 0.3) is 0 Å². The lowest BCUT2D eigenvalue weighted by atomic mass is 9.85. The second-order valence-corrected chi connectivity index (χ2v) is 8.29. The number of sulfonamides is 1. The Labute approximate surface area is 127 Å². The third-order valence-corrected chi connectivity index (χ3v) is 5.67. The molecule has 6 heteroatoms. The van der Waals surface area contributed by atoms with Crippen molar-refractivity contribution in [3.63, 3.8) is 0 Å². The number of nitrogen functional groups attached to an aromatic ring is 1. The molecule has 3 N–H and O–H groups in total. The van der Waals surface area contributed by atoms with Crippen molar-refractivity contribution in [3.8, 4) is 0 Å². The zero-order valence-corrected chi connectivity index (χ0v) is 13.8. The Balaban J connectivity index is 2.40. The van der Waals surface area contributed by atoms with Crippen LogP contribution in [0.4, 0.5) is 11.4 Å². The zero-order chi connectivity index (χ0) is 15.7. The first-order valence-electron chi connectivity index (χ1n) is 7.33. The van der Waals surface area contributed by atoms with Crippen molar-refractivity contribution in [2.45, 2.75) is 38.0 Å². The molecule has 0 spiro atoms. The molecule has 0 unspecified atom stereocenters. The van der Waals surface area contributed by atoms with Crippen molar-refractivity contribution < 1.29 is 8.42 Å². The Morgan fingerprint density at radius 1 is 1.24 bits per heavy atom. The van der Waals surface area contributed by atoms with E-state index in [1.54, 1.807) is 6.07 Å². The fraction of sp³-hybridized carbons (Fsp3) is 0.600. The van der Waals surface area contributed by atoms with Crippen molar-refractivity contribution in [1.29, 1.82) is 0 Å². The average molecular weight is 311 g/mol. The molecule has 1 heterocycles. The highest BCUT2D eigenvalue weighted by molar-refractivity contribution is 7.89. The van der Waals surface area contributed by atoms with E-state index in [1.807, 2.05) is 6.07 Å². The van der Waals surface area contributed by atoms with Gasteiger partial charge in [-0.3, -0.25) is 0 Å². The predicted molar refractivity (Wildman–Crippen MR) is 86.9 cm³/mol. The van der Waals surface area contributed by atoms with Crippen molar-refractivity contribution in [3.05, 3.63) is 18.2 Å². The highest BCUT2D eigenvalue weighted by Crippen LogP contribution is 2.34. The highest BCUT2D eigenvalue weighted by Gasteiger charge is 2.26. The molecule has 1 aromatic rings. The van der Waals surface area contributed by atoms with Gasteiger partial charge in [-0.05, 0) is 49.9 Å². The van der Waals surface area contributed by atoms with Gasteiger partial charge in [0.05, 0.1) is 5.69 Å². The highest BCUT2D eigenvalue weighted by atomic mass is 32.2. The first-order chi connectivity index (χ1) is 9.75. The number of nitrogens with two attached hydrogens (primary N) is 1. The van der Waals surface area contributed by atoms with Crippen LogP contribution >= 0.6 is 0 Å². The van der Waals surface area contributed by atoms with Gasteiger partial charge in [0.1, 0.15) is 4.90 Å². The van der Waals surface area contributed by atoms with E-state index < -0.39 is 10.0 Å². The third kappa shape index (κ3) is 3.68. The lowest BCUT2D eigenvalue weighted by Gasteiger charge is -2.26. The summed E-state index contributed by atoms with van der Waals surface area (Å²) >= 11 is 0. The number of nitrogens with zero attached hydrogens (tertiary/aromatic N) is 1. The van der Waals surface area contributed by atoms with Gasteiger partial charge in [0.15, 0.2) is 0 Å². The van der Waals surface area contributed by atoms with Crippen LogP contribution in [0.15, 0.2) is 23.1 Å². The van der Waals surface area contributed by atoms with Gasteiger partial charge < -0.3 is 10.6 Å². The summed E-state index contributed by atoms with van der Waals surface area (Å²) in [4.78, 5) is 2.43. The van der Waals surface area contributed by atoms with Gasteiger partial charge in [-0.2, -0.15) is 0 Å². The summed E-state index contributed by atoms with van der Waals surface area (Å²) in [6, 6.07) is 5.12. The molecule has 0 radical (unpaired) electrons. The van der Waals surface area contributed by atoms with Crippen LogP contribution in [-0.2, 0) is 10.0 Å². The summed E-state index contributed by atoms with van der Waals surface area (Å²) in [6.07, 6.45) is 3.28. The second kappa shape index (κ2) is 5.85. The lowest BCUT2D eigenvalue weighted by Crippen LogP contribution is -2.29. The van der Waals surface area contributed by atoms with Crippen molar-refractivity contribution in [1.82, 2.24) is 4.72 Å². The minimum absolute atomic E-state index is 0.268. The Morgan fingerprint density at radius 2 is 1.95 bits per heavy atom. The maximum atomic E-state index is 12.2. The summed E-state index contributed by atoms with van der Waals surface area (Å²) in [5.74, 6) is 0. The fourth-order valence-electron chi connectivity index (χ4n) is 2.78. The van der Waals surface area contributed by atoms with Crippen LogP contribution in [0.5, 0.6) is 0 Å². The summed E-state index contributed by atoms with van der Waals surface area (Å²) < 4.78 is 26.9. The Morgan fingerprint density at radius 3 is 2.62 bits per heavy atom. The second-order valence-electron chi connectivity index (χ2n) is 6.44. The molecule has 2 rings (SSSR count). The number of hydrogen-bond donors (Lipinski definition) is 2. The number of anilines is 2. The largest absolute Gasteiger partial charge is 0.399 e. The topological polar surface area (TPSA) is 75.4 Å². The van der Waals surface area contributed by atoms with Crippen LogP contribution in [-0.4, -0.2) is 28.6 Å². The summed E-state index contributed by atoms with van der Waals surface area (Å²) in [5, 5.41) is 0. The number of nitrogens with one attached hydrogen (secondary N) is 1. The molecule has 0 bridgehead atoms. The van der Waals surface area contributed by atoms with Gasteiger partial charge in [0, 0.05) is 18.8 Å². The molecule has 118 valence electrons.